The molecule has 1 aliphatic rings. The van der Waals surface area contributed by atoms with Crippen LogP contribution in [-0.2, 0) is 9.53 Å². The number of rotatable bonds is 5. The SMILES string of the molecule is CCCNC1(CC(=O)O)CCOC1C. The molecule has 1 aliphatic heterocycles. The fourth-order valence-corrected chi connectivity index (χ4v) is 1.95. The van der Waals surface area contributed by atoms with Crippen LogP contribution in [0.5, 0.6) is 0 Å². The van der Waals surface area contributed by atoms with Crippen molar-refractivity contribution in [2.75, 3.05) is 13.2 Å². The number of nitrogens with one attached hydrogen (secondary N) is 1. The van der Waals surface area contributed by atoms with E-state index in [1.807, 2.05) is 6.92 Å². The molecule has 2 unspecified atom stereocenters. The molecule has 0 bridgehead atoms. The topological polar surface area (TPSA) is 58.6 Å². The smallest absolute Gasteiger partial charge is 0.305 e. The van der Waals surface area contributed by atoms with Gasteiger partial charge in [0.25, 0.3) is 0 Å². The lowest BCUT2D eigenvalue weighted by Gasteiger charge is -2.31. The standard InChI is InChI=1S/C10H19NO3/c1-3-5-11-10(7-9(12)13)4-6-14-8(10)2/h8,11H,3-7H2,1-2H3,(H,12,13). The Morgan fingerprint density at radius 3 is 2.86 bits per heavy atom. The molecular weight excluding hydrogens is 182 g/mol. The van der Waals surface area contributed by atoms with Crippen LogP contribution in [0, 0.1) is 0 Å². The third kappa shape index (κ3) is 2.45. The van der Waals surface area contributed by atoms with Gasteiger partial charge in [0, 0.05) is 6.61 Å². The van der Waals surface area contributed by atoms with Crippen LogP contribution >= 0.6 is 0 Å². The highest BCUT2D eigenvalue weighted by atomic mass is 16.5. The lowest BCUT2D eigenvalue weighted by molar-refractivity contribution is -0.139. The van der Waals surface area contributed by atoms with Crippen molar-refractivity contribution in [3.63, 3.8) is 0 Å². The predicted octanol–water partition coefficient (Wildman–Crippen LogP) is 1.01. The third-order valence-electron chi connectivity index (χ3n) is 2.89. The quantitative estimate of drug-likeness (QED) is 0.697. The van der Waals surface area contributed by atoms with Gasteiger partial charge in [0.05, 0.1) is 18.1 Å². The Bertz CT molecular complexity index is 208. The molecule has 14 heavy (non-hydrogen) atoms. The summed E-state index contributed by atoms with van der Waals surface area (Å²) in [6.07, 6.45) is 1.94. The normalized spacial score (nSPS) is 32.0. The first-order chi connectivity index (χ1) is 6.60. The molecular formula is C10H19NO3. The fraction of sp³-hybridized carbons (Fsp3) is 0.900. The molecule has 82 valence electrons. The van der Waals surface area contributed by atoms with Gasteiger partial charge in [0.2, 0.25) is 0 Å². The zero-order chi connectivity index (χ0) is 10.6. The molecule has 0 aromatic rings. The minimum Gasteiger partial charge on any atom is -0.481 e. The largest absolute Gasteiger partial charge is 0.481 e. The summed E-state index contributed by atoms with van der Waals surface area (Å²) in [5, 5.41) is 12.2. The first-order valence-electron chi connectivity index (χ1n) is 5.19. The van der Waals surface area contributed by atoms with E-state index in [0.717, 1.165) is 19.4 Å². The highest BCUT2D eigenvalue weighted by Crippen LogP contribution is 2.29. The van der Waals surface area contributed by atoms with Crippen molar-refractivity contribution in [1.29, 1.82) is 0 Å². The second kappa shape index (κ2) is 4.75. The molecule has 0 spiro atoms. The van der Waals surface area contributed by atoms with Crippen LogP contribution in [-0.4, -0.2) is 35.9 Å². The highest BCUT2D eigenvalue weighted by Gasteiger charge is 2.42. The average molecular weight is 201 g/mol. The highest BCUT2D eigenvalue weighted by molar-refractivity contribution is 5.68. The Kier molecular flexibility index (Phi) is 3.89. The first kappa shape index (κ1) is 11.5. The summed E-state index contributed by atoms with van der Waals surface area (Å²) in [6, 6.07) is 0. The molecule has 1 heterocycles. The van der Waals surface area contributed by atoms with Crippen LogP contribution < -0.4 is 5.32 Å². The molecule has 0 amide bonds. The molecule has 0 radical (unpaired) electrons. The summed E-state index contributed by atoms with van der Waals surface area (Å²) >= 11 is 0. The third-order valence-corrected chi connectivity index (χ3v) is 2.89. The van der Waals surface area contributed by atoms with Gasteiger partial charge >= 0.3 is 5.97 Å². The summed E-state index contributed by atoms with van der Waals surface area (Å²) < 4.78 is 5.44. The van der Waals surface area contributed by atoms with Gasteiger partial charge in [-0.25, -0.2) is 0 Å². The van der Waals surface area contributed by atoms with Gasteiger partial charge in [-0.05, 0) is 26.3 Å². The van der Waals surface area contributed by atoms with Gasteiger partial charge in [-0.15, -0.1) is 0 Å². The van der Waals surface area contributed by atoms with Gasteiger partial charge in [0.1, 0.15) is 0 Å². The molecule has 0 aromatic carbocycles. The number of carboxylic acids is 1. The van der Waals surface area contributed by atoms with Gasteiger partial charge in [0.15, 0.2) is 0 Å². The second-order valence-corrected chi connectivity index (χ2v) is 3.92. The molecule has 2 N–H and O–H groups in total. The zero-order valence-corrected chi connectivity index (χ0v) is 8.88. The van der Waals surface area contributed by atoms with Crippen LogP contribution in [0.3, 0.4) is 0 Å². The van der Waals surface area contributed by atoms with E-state index in [4.69, 9.17) is 9.84 Å². The molecule has 4 nitrogen and oxygen atoms in total. The summed E-state index contributed by atoms with van der Waals surface area (Å²) in [6.45, 7) is 5.52. The van der Waals surface area contributed by atoms with E-state index >= 15 is 0 Å². The summed E-state index contributed by atoms with van der Waals surface area (Å²) in [5.74, 6) is -0.758. The van der Waals surface area contributed by atoms with Crippen molar-refractivity contribution < 1.29 is 14.6 Å². The van der Waals surface area contributed by atoms with Crippen molar-refractivity contribution in [3.05, 3.63) is 0 Å². The zero-order valence-electron chi connectivity index (χ0n) is 8.88. The summed E-state index contributed by atoms with van der Waals surface area (Å²) in [5.41, 5.74) is -0.345. The van der Waals surface area contributed by atoms with Crippen LogP contribution in [0.25, 0.3) is 0 Å². The van der Waals surface area contributed by atoms with Gasteiger partial charge < -0.3 is 15.2 Å². The molecule has 1 rings (SSSR count). The number of carbonyl (C=O) groups is 1. The van der Waals surface area contributed by atoms with Crippen LogP contribution in [0.4, 0.5) is 0 Å². The first-order valence-corrected chi connectivity index (χ1v) is 5.19. The Morgan fingerprint density at radius 2 is 2.43 bits per heavy atom. The van der Waals surface area contributed by atoms with Crippen LogP contribution in [0.15, 0.2) is 0 Å². The van der Waals surface area contributed by atoms with Crippen molar-refractivity contribution in [1.82, 2.24) is 5.32 Å². The lowest BCUT2D eigenvalue weighted by Crippen LogP contribution is -2.52. The van der Waals surface area contributed by atoms with Crippen molar-refractivity contribution in [2.45, 2.75) is 44.8 Å². The maximum atomic E-state index is 10.8. The van der Waals surface area contributed by atoms with E-state index < -0.39 is 5.97 Å². The Labute approximate surface area is 84.6 Å². The second-order valence-electron chi connectivity index (χ2n) is 3.92. The fourth-order valence-electron chi connectivity index (χ4n) is 1.95. The van der Waals surface area contributed by atoms with E-state index in [2.05, 4.69) is 12.2 Å². The van der Waals surface area contributed by atoms with Crippen LogP contribution in [0.1, 0.15) is 33.1 Å². The maximum Gasteiger partial charge on any atom is 0.305 e. The molecule has 2 atom stereocenters. The average Bonchev–Trinajstić information content (AvgIpc) is 2.44. The number of hydrogen-bond acceptors (Lipinski definition) is 3. The van der Waals surface area contributed by atoms with Crippen LogP contribution in [0.2, 0.25) is 0 Å². The summed E-state index contributed by atoms with van der Waals surface area (Å²) in [4.78, 5) is 10.8. The summed E-state index contributed by atoms with van der Waals surface area (Å²) in [7, 11) is 0. The Morgan fingerprint density at radius 1 is 1.71 bits per heavy atom. The van der Waals surface area contributed by atoms with Crippen molar-refractivity contribution in [2.24, 2.45) is 0 Å². The van der Waals surface area contributed by atoms with E-state index in [9.17, 15) is 4.79 Å². The van der Waals surface area contributed by atoms with E-state index in [0.29, 0.717) is 6.61 Å². The minimum absolute atomic E-state index is 0.00912. The molecule has 0 saturated carbocycles. The Balaban J connectivity index is 2.62. The minimum atomic E-state index is -0.758. The molecule has 4 heteroatoms. The van der Waals surface area contributed by atoms with Crippen molar-refractivity contribution >= 4 is 5.97 Å². The van der Waals surface area contributed by atoms with Crippen molar-refractivity contribution in [3.8, 4) is 0 Å². The van der Waals surface area contributed by atoms with Gasteiger partial charge in [-0.3, -0.25) is 4.79 Å². The lowest BCUT2D eigenvalue weighted by atomic mass is 9.88. The molecule has 1 fully saturated rings. The predicted molar refractivity (Wildman–Crippen MR) is 53.3 cm³/mol. The molecule has 0 aromatic heterocycles. The maximum absolute atomic E-state index is 10.8. The van der Waals surface area contributed by atoms with Gasteiger partial charge in [-0.2, -0.15) is 0 Å². The number of ether oxygens (including phenoxy) is 1. The van der Waals surface area contributed by atoms with Gasteiger partial charge in [-0.1, -0.05) is 6.92 Å². The number of hydrogen-bond donors (Lipinski definition) is 2. The van der Waals surface area contributed by atoms with E-state index in [1.165, 1.54) is 0 Å². The number of aliphatic carboxylic acids is 1. The molecule has 1 saturated heterocycles. The number of carboxylic acid groups (broad SMARTS) is 1. The molecule has 0 aliphatic carbocycles. The monoisotopic (exact) mass is 201 g/mol. The van der Waals surface area contributed by atoms with E-state index in [-0.39, 0.29) is 18.1 Å². The Hall–Kier alpha value is -0.610. The van der Waals surface area contributed by atoms with E-state index in [1.54, 1.807) is 0 Å².